The van der Waals surface area contributed by atoms with Gasteiger partial charge in [0.25, 0.3) is 0 Å². The largest absolute Gasteiger partial charge is 0.342 e. The Hall–Kier alpha value is -1.30. The van der Waals surface area contributed by atoms with Gasteiger partial charge in [0.15, 0.2) is 5.76 Å². The summed E-state index contributed by atoms with van der Waals surface area (Å²) in [7, 11) is 0. The van der Waals surface area contributed by atoms with Crippen LogP contribution >= 0.6 is 11.5 Å². The molecule has 0 bridgehead atoms. The molecule has 0 radical (unpaired) electrons. The van der Waals surface area contributed by atoms with Crippen LogP contribution in [0.25, 0.3) is 0 Å². The highest BCUT2D eigenvalue weighted by atomic mass is 32.1. The van der Waals surface area contributed by atoms with E-state index in [2.05, 4.69) is 40.7 Å². The van der Waals surface area contributed by atoms with Crippen LogP contribution in [0.5, 0.6) is 0 Å². The van der Waals surface area contributed by atoms with E-state index >= 15 is 0 Å². The normalized spacial score (nSPS) is 13.2. The summed E-state index contributed by atoms with van der Waals surface area (Å²) in [6.07, 6.45) is 3.57. The third-order valence-electron chi connectivity index (χ3n) is 2.79. The second-order valence-corrected chi connectivity index (χ2v) is 5.28. The van der Waals surface area contributed by atoms with Crippen molar-refractivity contribution in [1.29, 1.82) is 0 Å². The molecule has 1 unspecified atom stereocenters. The van der Waals surface area contributed by atoms with Crippen LogP contribution in [0.3, 0.4) is 0 Å². The summed E-state index contributed by atoms with van der Waals surface area (Å²) >= 11 is 1.50. The quantitative estimate of drug-likeness (QED) is 0.818. The first-order chi connectivity index (χ1) is 8.18. The molecule has 0 aliphatic rings. The van der Waals surface area contributed by atoms with E-state index < -0.39 is 0 Å². The van der Waals surface area contributed by atoms with Crippen molar-refractivity contribution in [3.8, 4) is 0 Å². The Balaban J connectivity index is 1.96. The molecule has 2 heterocycles. The average Bonchev–Trinajstić information content (AvgIpc) is 2.96. The summed E-state index contributed by atoms with van der Waals surface area (Å²) in [5.41, 5.74) is 1.12. The minimum absolute atomic E-state index is 0.312. The number of nitrogens with zero attached hydrogens (tertiary/aromatic N) is 4. The van der Waals surface area contributed by atoms with Gasteiger partial charge in [-0.15, -0.1) is 10.2 Å². The van der Waals surface area contributed by atoms with Crippen LogP contribution in [0.15, 0.2) is 10.7 Å². The van der Waals surface area contributed by atoms with Crippen molar-refractivity contribution in [1.82, 2.24) is 20.0 Å². The van der Waals surface area contributed by atoms with Crippen LogP contribution in [-0.4, -0.2) is 20.0 Å². The first-order valence-corrected chi connectivity index (χ1v) is 6.54. The summed E-state index contributed by atoms with van der Waals surface area (Å²) < 4.78 is 9.08. The average molecular weight is 252 g/mol. The van der Waals surface area contributed by atoms with Crippen LogP contribution < -0.4 is 0 Å². The third-order valence-corrected chi connectivity index (χ3v) is 3.85. The molecule has 0 aliphatic heterocycles. The molecule has 0 saturated heterocycles. The van der Waals surface area contributed by atoms with Crippen molar-refractivity contribution in [2.45, 2.75) is 45.4 Å². The third kappa shape index (κ3) is 2.88. The fourth-order valence-electron chi connectivity index (χ4n) is 1.71. The van der Waals surface area contributed by atoms with Crippen LogP contribution in [0.2, 0.25) is 0 Å². The summed E-state index contributed by atoms with van der Waals surface area (Å²) in [5.74, 6) is 1.64. The maximum Gasteiger partial charge on any atom is 0.159 e. The number of aryl methyl sites for hydroxylation is 1. The highest BCUT2D eigenvalue weighted by Crippen LogP contribution is 2.25. The van der Waals surface area contributed by atoms with Gasteiger partial charge in [-0.05, 0) is 30.3 Å². The molecule has 17 heavy (non-hydrogen) atoms. The zero-order valence-electron chi connectivity index (χ0n) is 10.3. The van der Waals surface area contributed by atoms with Gasteiger partial charge in [0.1, 0.15) is 0 Å². The SMILES string of the molecule is CC(C)c1snnc1CCC(C)c1cnno1. The Bertz CT molecular complexity index is 452. The number of hydrogen-bond donors (Lipinski definition) is 0. The lowest BCUT2D eigenvalue weighted by Crippen LogP contribution is -1.98. The summed E-state index contributed by atoms with van der Waals surface area (Å²) in [5, 5.41) is 11.4. The van der Waals surface area contributed by atoms with Gasteiger partial charge in [-0.1, -0.05) is 25.3 Å². The number of hydrogen-bond acceptors (Lipinski definition) is 6. The molecular formula is C11H16N4OS. The molecule has 1 atom stereocenters. The Kier molecular flexibility index (Phi) is 3.83. The standard InChI is InChI=1S/C11H16N4OS/c1-7(2)11-9(13-15-17-11)5-4-8(3)10-6-12-14-16-10/h6-8H,4-5H2,1-3H3. The van der Waals surface area contributed by atoms with E-state index in [1.807, 2.05) is 0 Å². The highest BCUT2D eigenvalue weighted by molar-refractivity contribution is 7.05. The van der Waals surface area contributed by atoms with Crippen molar-refractivity contribution in [2.24, 2.45) is 0 Å². The Labute approximate surface area is 104 Å². The van der Waals surface area contributed by atoms with Crippen molar-refractivity contribution in [3.63, 3.8) is 0 Å². The molecular weight excluding hydrogens is 236 g/mol. The van der Waals surface area contributed by atoms with E-state index in [0.29, 0.717) is 11.8 Å². The van der Waals surface area contributed by atoms with Crippen molar-refractivity contribution in [3.05, 3.63) is 22.5 Å². The first-order valence-electron chi connectivity index (χ1n) is 5.77. The van der Waals surface area contributed by atoms with E-state index in [1.165, 1.54) is 16.4 Å². The Morgan fingerprint density at radius 3 is 2.82 bits per heavy atom. The highest BCUT2D eigenvalue weighted by Gasteiger charge is 2.15. The van der Waals surface area contributed by atoms with Gasteiger partial charge in [0.05, 0.1) is 16.8 Å². The second-order valence-electron chi connectivity index (χ2n) is 4.50. The van der Waals surface area contributed by atoms with Gasteiger partial charge in [-0.3, -0.25) is 0 Å². The van der Waals surface area contributed by atoms with Gasteiger partial charge >= 0.3 is 0 Å². The van der Waals surface area contributed by atoms with E-state index in [4.69, 9.17) is 4.52 Å². The molecule has 92 valence electrons. The van der Waals surface area contributed by atoms with E-state index in [-0.39, 0.29) is 0 Å². The fourth-order valence-corrected chi connectivity index (χ4v) is 2.40. The Morgan fingerprint density at radius 2 is 2.18 bits per heavy atom. The van der Waals surface area contributed by atoms with E-state index in [1.54, 1.807) is 6.20 Å². The molecule has 0 N–H and O–H groups in total. The molecule has 0 amide bonds. The zero-order chi connectivity index (χ0) is 12.3. The van der Waals surface area contributed by atoms with Crippen LogP contribution in [0.1, 0.15) is 55.4 Å². The monoisotopic (exact) mass is 252 g/mol. The number of aromatic nitrogens is 4. The van der Waals surface area contributed by atoms with E-state index in [9.17, 15) is 0 Å². The molecule has 2 aromatic rings. The maximum absolute atomic E-state index is 5.05. The lowest BCUT2D eigenvalue weighted by Gasteiger charge is -2.07. The summed E-state index contributed by atoms with van der Waals surface area (Å²) in [4.78, 5) is 1.29. The van der Waals surface area contributed by atoms with Crippen molar-refractivity contribution in [2.75, 3.05) is 0 Å². The van der Waals surface area contributed by atoms with Gasteiger partial charge in [0, 0.05) is 11.2 Å². The van der Waals surface area contributed by atoms with Crippen LogP contribution in [0, 0.1) is 0 Å². The van der Waals surface area contributed by atoms with Crippen molar-refractivity contribution < 1.29 is 4.52 Å². The molecule has 0 aromatic carbocycles. The molecule has 0 fully saturated rings. The van der Waals surface area contributed by atoms with Gasteiger partial charge in [-0.2, -0.15) is 0 Å². The minimum atomic E-state index is 0.312. The minimum Gasteiger partial charge on any atom is -0.342 e. The van der Waals surface area contributed by atoms with Crippen LogP contribution in [-0.2, 0) is 6.42 Å². The smallest absolute Gasteiger partial charge is 0.159 e. The van der Waals surface area contributed by atoms with E-state index in [0.717, 1.165) is 24.3 Å². The lowest BCUT2D eigenvalue weighted by atomic mass is 10.00. The second kappa shape index (κ2) is 5.35. The van der Waals surface area contributed by atoms with Crippen LogP contribution in [0.4, 0.5) is 0 Å². The predicted octanol–water partition coefficient (Wildman–Crippen LogP) is 2.78. The first kappa shape index (κ1) is 12.2. The van der Waals surface area contributed by atoms with Gasteiger partial charge < -0.3 is 4.52 Å². The summed E-state index contributed by atoms with van der Waals surface area (Å²) in [6, 6.07) is 0. The van der Waals surface area contributed by atoms with Gasteiger partial charge in [-0.25, -0.2) is 0 Å². The molecule has 6 heteroatoms. The summed E-state index contributed by atoms with van der Waals surface area (Å²) in [6.45, 7) is 6.45. The fraction of sp³-hybridized carbons (Fsp3) is 0.636. The molecule has 0 saturated carbocycles. The maximum atomic E-state index is 5.05. The molecule has 0 spiro atoms. The Morgan fingerprint density at radius 1 is 1.35 bits per heavy atom. The lowest BCUT2D eigenvalue weighted by molar-refractivity contribution is 0.342. The zero-order valence-corrected chi connectivity index (χ0v) is 11.1. The molecule has 5 nitrogen and oxygen atoms in total. The van der Waals surface area contributed by atoms with Crippen molar-refractivity contribution >= 4 is 11.5 Å². The molecule has 2 rings (SSSR count). The molecule has 2 aromatic heterocycles. The topological polar surface area (TPSA) is 64.7 Å². The molecule has 0 aliphatic carbocycles. The number of rotatable bonds is 5. The van der Waals surface area contributed by atoms with Gasteiger partial charge in [0.2, 0.25) is 0 Å². The predicted molar refractivity (Wildman–Crippen MR) is 65.0 cm³/mol.